The summed E-state index contributed by atoms with van der Waals surface area (Å²) in [4.78, 5) is 0. The Morgan fingerprint density at radius 1 is 1.33 bits per heavy atom. The second-order valence-corrected chi connectivity index (χ2v) is 7.23. The maximum absolute atomic E-state index is 10.9. The highest BCUT2D eigenvalue weighted by Gasteiger charge is 2.20. The van der Waals surface area contributed by atoms with Gasteiger partial charge >= 0.3 is 0 Å². The lowest BCUT2D eigenvalue weighted by Gasteiger charge is -2.10. The summed E-state index contributed by atoms with van der Waals surface area (Å²) >= 11 is 0. The SMILES string of the molecule is CC1CCC(CNCCCS(C)(=O)=O)C1. The average molecular weight is 233 g/mol. The zero-order valence-corrected chi connectivity index (χ0v) is 10.6. The normalized spacial score (nSPS) is 27.1. The lowest BCUT2D eigenvalue weighted by Crippen LogP contribution is -2.24. The predicted octanol–water partition coefficient (Wildman–Crippen LogP) is 1.45. The van der Waals surface area contributed by atoms with E-state index in [1.54, 1.807) is 0 Å². The van der Waals surface area contributed by atoms with E-state index in [1.807, 2.05) is 0 Å². The smallest absolute Gasteiger partial charge is 0.147 e. The monoisotopic (exact) mass is 233 g/mol. The summed E-state index contributed by atoms with van der Waals surface area (Å²) in [6.45, 7) is 4.20. The molecule has 0 aliphatic heterocycles. The molecule has 90 valence electrons. The van der Waals surface area contributed by atoms with Crippen molar-refractivity contribution in [3.8, 4) is 0 Å². The van der Waals surface area contributed by atoms with Gasteiger partial charge in [-0.05, 0) is 44.2 Å². The highest BCUT2D eigenvalue weighted by atomic mass is 32.2. The molecule has 1 rings (SSSR count). The van der Waals surface area contributed by atoms with Crippen LogP contribution in [-0.2, 0) is 9.84 Å². The largest absolute Gasteiger partial charge is 0.316 e. The van der Waals surface area contributed by atoms with Gasteiger partial charge in [-0.2, -0.15) is 0 Å². The Balaban J connectivity index is 1.98. The summed E-state index contributed by atoms with van der Waals surface area (Å²) in [5.41, 5.74) is 0. The first-order valence-corrected chi connectivity index (χ1v) is 7.92. The summed E-state index contributed by atoms with van der Waals surface area (Å²) in [6.07, 6.45) is 6.06. The molecule has 0 aromatic carbocycles. The Morgan fingerprint density at radius 3 is 2.60 bits per heavy atom. The summed E-state index contributed by atoms with van der Waals surface area (Å²) in [5.74, 6) is 2.01. The summed E-state index contributed by atoms with van der Waals surface area (Å²) in [7, 11) is -2.77. The van der Waals surface area contributed by atoms with Crippen LogP contribution in [0.2, 0.25) is 0 Å². The molecule has 4 heteroatoms. The molecule has 2 atom stereocenters. The average Bonchev–Trinajstić information content (AvgIpc) is 2.49. The van der Waals surface area contributed by atoms with Crippen LogP contribution in [0.4, 0.5) is 0 Å². The van der Waals surface area contributed by atoms with Gasteiger partial charge in [0.05, 0.1) is 5.75 Å². The van der Waals surface area contributed by atoms with E-state index >= 15 is 0 Å². The molecule has 0 amide bonds. The quantitative estimate of drug-likeness (QED) is 0.706. The zero-order valence-electron chi connectivity index (χ0n) is 9.83. The van der Waals surface area contributed by atoms with Crippen LogP contribution in [0, 0.1) is 11.8 Å². The third-order valence-corrected chi connectivity index (χ3v) is 4.14. The number of hydrogen-bond acceptors (Lipinski definition) is 3. The maximum Gasteiger partial charge on any atom is 0.147 e. The highest BCUT2D eigenvalue weighted by molar-refractivity contribution is 7.90. The summed E-state index contributed by atoms with van der Waals surface area (Å²) in [5, 5.41) is 3.36. The molecule has 0 spiro atoms. The number of rotatable bonds is 6. The molecule has 0 saturated heterocycles. The van der Waals surface area contributed by atoms with Crippen molar-refractivity contribution in [1.29, 1.82) is 0 Å². The molecule has 2 unspecified atom stereocenters. The Kier molecular flexibility index (Phi) is 5.06. The van der Waals surface area contributed by atoms with Crippen molar-refractivity contribution in [3.63, 3.8) is 0 Å². The van der Waals surface area contributed by atoms with Crippen LogP contribution in [-0.4, -0.2) is 33.5 Å². The zero-order chi connectivity index (χ0) is 11.3. The minimum absolute atomic E-state index is 0.307. The Bertz CT molecular complexity index is 274. The van der Waals surface area contributed by atoms with Crippen LogP contribution < -0.4 is 5.32 Å². The van der Waals surface area contributed by atoms with E-state index in [-0.39, 0.29) is 0 Å². The lowest BCUT2D eigenvalue weighted by atomic mass is 10.1. The van der Waals surface area contributed by atoms with Crippen molar-refractivity contribution in [2.75, 3.05) is 25.1 Å². The fourth-order valence-electron chi connectivity index (χ4n) is 2.28. The van der Waals surface area contributed by atoms with Crippen LogP contribution in [0.25, 0.3) is 0 Å². The van der Waals surface area contributed by atoms with Crippen molar-refractivity contribution in [3.05, 3.63) is 0 Å². The third-order valence-electron chi connectivity index (χ3n) is 3.11. The van der Waals surface area contributed by atoms with Crippen molar-refractivity contribution in [2.45, 2.75) is 32.6 Å². The fourth-order valence-corrected chi connectivity index (χ4v) is 2.94. The molecule has 1 aliphatic rings. The molecule has 1 N–H and O–H groups in total. The predicted molar refractivity (Wildman–Crippen MR) is 63.7 cm³/mol. The Morgan fingerprint density at radius 2 is 2.07 bits per heavy atom. The van der Waals surface area contributed by atoms with Gasteiger partial charge in [0.25, 0.3) is 0 Å². The summed E-state index contributed by atoms with van der Waals surface area (Å²) in [6, 6.07) is 0. The molecule has 0 radical (unpaired) electrons. The molecule has 3 nitrogen and oxygen atoms in total. The van der Waals surface area contributed by atoms with Gasteiger partial charge in [-0.15, -0.1) is 0 Å². The van der Waals surface area contributed by atoms with Crippen molar-refractivity contribution >= 4 is 9.84 Å². The van der Waals surface area contributed by atoms with E-state index in [0.29, 0.717) is 5.75 Å². The second-order valence-electron chi connectivity index (χ2n) is 4.97. The van der Waals surface area contributed by atoms with Crippen LogP contribution in [0.1, 0.15) is 32.6 Å². The van der Waals surface area contributed by atoms with Crippen LogP contribution >= 0.6 is 0 Å². The van der Waals surface area contributed by atoms with E-state index in [4.69, 9.17) is 0 Å². The van der Waals surface area contributed by atoms with E-state index in [9.17, 15) is 8.42 Å². The van der Waals surface area contributed by atoms with Gasteiger partial charge < -0.3 is 5.32 Å². The maximum atomic E-state index is 10.9. The standard InChI is InChI=1S/C11H23NO2S/c1-10-4-5-11(8-10)9-12-6-3-7-15(2,13)14/h10-12H,3-9H2,1-2H3. The second kappa shape index (κ2) is 5.85. The van der Waals surface area contributed by atoms with E-state index < -0.39 is 9.84 Å². The molecule has 0 aromatic rings. The van der Waals surface area contributed by atoms with Gasteiger partial charge in [-0.25, -0.2) is 8.42 Å². The third kappa shape index (κ3) is 6.15. The lowest BCUT2D eigenvalue weighted by molar-refractivity contribution is 0.471. The molecule has 1 fully saturated rings. The molecule has 0 heterocycles. The first-order valence-electron chi connectivity index (χ1n) is 5.86. The Hall–Kier alpha value is -0.0900. The summed E-state index contributed by atoms with van der Waals surface area (Å²) < 4.78 is 21.7. The Labute approximate surface area is 93.6 Å². The van der Waals surface area contributed by atoms with Crippen LogP contribution in [0.5, 0.6) is 0 Å². The van der Waals surface area contributed by atoms with Gasteiger partial charge in [0.15, 0.2) is 0 Å². The minimum atomic E-state index is -2.77. The molecule has 1 aliphatic carbocycles. The van der Waals surface area contributed by atoms with Gasteiger partial charge in [0.1, 0.15) is 9.84 Å². The van der Waals surface area contributed by atoms with E-state index in [0.717, 1.165) is 31.3 Å². The molecule has 0 aromatic heterocycles. The van der Waals surface area contributed by atoms with Crippen molar-refractivity contribution < 1.29 is 8.42 Å². The van der Waals surface area contributed by atoms with Gasteiger partial charge in [-0.3, -0.25) is 0 Å². The molecule has 0 bridgehead atoms. The van der Waals surface area contributed by atoms with Gasteiger partial charge in [0.2, 0.25) is 0 Å². The van der Waals surface area contributed by atoms with E-state index in [2.05, 4.69) is 12.2 Å². The van der Waals surface area contributed by atoms with Crippen molar-refractivity contribution in [1.82, 2.24) is 5.32 Å². The highest BCUT2D eigenvalue weighted by Crippen LogP contribution is 2.29. The molecule has 1 saturated carbocycles. The van der Waals surface area contributed by atoms with Crippen LogP contribution in [0.3, 0.4) is 0 Å². The fraction of sp³-hybridized carbons (Fsp3) is 1.00. The van der Waals surface area contributed by atoms with Crippen LogP contribution in [0.15, 0.2) is 0 Å². The molecular formula is C11H23NO2S. The topological polar surface area (TPSA) is 46.2 Å². The van der Waals surface area contributed by atoms with E-state index in [1.165, 1.54) is 25.5 Å². The van der Waals surface area contributed by atoms with Crippen molar-refractivity contribution in [2.24, 2.45) is 11.8 Å². The van der Waals surface area contributed by atoms with Gasteiger partial charge in [0, 0.05) is 6.26 Å². The number of sulfone groups is 1. The minimum Gasteiger partial charge on any atom is -0.316 e. The first kappa shape index (κ1) is 13.0. The number of hydrogen-bond donors (Lipinski definition) is 1. The molecule has 15 heavy (non-hydrogen) atoms. The first-order chi connectivity index (χ1) is 6.97. The number of nitrogens with one attached hydrogen (secondary N) is 1. The molecular weight excluding hydrogens is 210 g/mol. The van der Waals surface area contributed by atoms with Gasteiger partial charge in [-0.1, -0.05) is 13.3 Å².